The van der Waals surface area contributed by atoms with Crippen LogP contribution < -0.4 is 16.8 Å². The van der Waals surface area contributed by atoms with Crippen molar-refractivity contribution in [3.63, 3.8) is 0 Å². The van der Waals surface area contributed by atoms with E-state index in [-0.39, 0.29) is 48.7 Å². The van der Waals surface area contributed by atoms with Crippen molar-refractivity contribution in [3.8, 4) is 0 Å². The molecular formula is C47H62Br2N6O15. The number of nitrogens with one attached hydrogen (secondary N) is 2. The molecule has 0 radical (unpaired) electrons. The van der Waals surface area contributed by atoms with Crippen LogP contribution in [-0.4, -0.2) is 158 Å². The Bertz CT molecular complexity index is 2240. The fourth-order valence-corrected chi connectivity index (χ4v) is 8.79. The summed E-state index contributed by atoms with van der Waals surface area (Å²) in [5.74, 6) is -4.98. The minimum absolute atomic E-state index is 0. The number of hydrogen-bond donors (Lipinski definition) is 4. The third-order valence-corrected chi connectivity index (χ3v) is 12.8. The van der Waals surface area contributed by atoms with Gasteiger partial charge in [-0.15, -0.1) is 0 Å². The van der Waals surface area contributed by atoms with Crippen molar-refractivity contribution in [3.05, 3.63) is 74.8 Å². The largest absolute Gasteiger partial charge is 0.481 e. The van der Waals surface area contributed by atoms with Gasteiger partial charge in [0, 0.05) is 52.6 Å². The number of methoxy groups -OCH3 is 2. The van der Waals surface area contributed by atoms with Gasteiger partial charge >= 0.3 is 18.2 Å². The molecule has 4 amide bonds. The van der Waals surface area contributed by atoms with E-state index in [1.54, 1.807) is 43.0 Å². The highest BCUT2D eigenvalue weighted by molar-refractivity contribution is 9.10. The summed E-state index contributed by atoms with van der Waals surface area (Å²) in [5.41, 5.74) is 3.49. The number of ketones is 1. The number of carboxylic acids is 1. The van der Waals surface area contributed by atoms with E-state index >= 15 is 0 Å². The lowest BCUT2D eigenvalue weighted by Gasteiger charge is -2.31. The molecule has 5 heterocycles. The Morgan fingerprint density at radius 3 is 1.66 bits per heavy atom. The third kappa shape index (κ3) is 14.9. The summed E-state index contributed by atoms with van der Waals surface area (Å²) in [6.45, 7) is 9.88. The van der Waals surface area contributed by atoms with Crippen molar-refractivity contribution < 1.29 is 71.8 Å². The van der Waals surface area contributed by atoms with Gasteiger partial charge in [0.2, 0.25) is 11.8 Å². The topological polar surface area (TPSA) is 282 Å². The Labute approximate surface area is 423 Å². The Morgan fingerprint density at radius 2 is 1.19 bits per heavy atom. The highest BCUT2D eigenvalue weighted by Gasteiger charge is 2.55. The number of Topliss-reactive ketones (excluding diaryl/α,β-unsaturated/α-hetero) is 1. The van der Waals surface area contributed by atoms with Crippen LogP contribution in [0.5, 0.6) is 0 Å². The molecule has 2 aromatic rings. The average molecular weight is 1110 g/mol. The molecule has 0 saturated carbocycles. The molecule has 6 N–H and O–H groups in total. The van der Waals surface area contributed by atoms with E-state index in [2.05, 4.69) is 47.2 Å². The minimum atomic E-state index is -1.12. The molecule has 2 spiro atoms. The maximum atomic E-state index is 13.6. The van der Waals surface area contributed by atoms with Crippen LogP contribution in [0.1, 0.15) is 69.8 Å². The standard InChI is InChI=1S/C23H28BrN3O5.C22H27BrN2O8.C2H4O2.H3N/c1-14(2)20(26-22(29)30-3)21(28)27-13-23(31-8-9-32-23)11-19(27)18-10-16(12-25-18)15-4-6-17(24)7-5-15;1-13(2)18(24-21(29)30-3)19(27)25-12-22(32-8-9-33-22)10-16(25)20(28)31-11-17(26)14-4-6-15(23)7-5-14;1-2(3)4;/h4-7,12,14,19-20H,8-11,13H2,1-3H3,(H,26,29);4-7,13,16,18H,8-12H2,1-3H3,(H,24,29);1H3,(H,3,4);1H3/t19-,20-;16-,18-;;/m00../s1. The number of allylic oxidation sites excluding steroid dienone is 1. The van der Waals surface area contributed by atoms with Gasteiger partial charge < -0.3 is 64.8 Å². The Hall–Kier alpha value is -5.30. The summed E-state index contributed by atoms with van der Waals surface area (Å²) >= 11 is 6.77. The van der Waals surface area contributed by atoms with E-state index < -0.39 is 66.3 Å². The number of carbonyl (C=O) groups is 7. The van der Waals surface area contributed by atoms with Crippen LogP contribution in [0.3, 0.4) is 0 Å². The van der Waals surface area contributed by atoms with Crippen LogP contribution in [0.25, 0.3) is 5.57 Å². The van der Waals surface area contributed by atoms with Gasteiger partial charge in [-0.05, 0) is 47.2 Å². The Kier molecular flexibility index (Phi) is 21.0. The molecule has 7 rings (SSSR count). The molecule has 4 fully saturated rings. The second kappa shape index (κ2) is 25.7. The predicted octanol–water partition coefficient (Wildman–Crippen LogP) is 5.51. The van der Waals surface area contributed by atoms with Gasteiger partial charge in [-0.1, -0.05) is 83.8 Å². The van der Waals surface area contributed by atoms with Gasteiger partial charge in [-0.3, -0.25) is 24.2 Å². The number of amides is 4. The maximum absolute atomic E-state index is 13.6. The zero-order valence-electron chi connectivity index (χ0n) is 40.2. The zero-order valence-corrected chi connectivity index (χ0v) is 43.4. The molecule has 5 aliphatic rings. The first-order valence-corrected chi connectivity index (χ1v) is 23.8. The van der Waals surface area contributed by atoms with E-state index in [0.717, 1.165) is 32.7 Å². The average Bonchev–Trinajstić information content (AvgIpc) is 4.19. The van der Waals surface area contributed by atoms with E-state index in [4.69, 9.17) is 43.3 Å². The number of rotatable bonds is 12. The quantitative estimate of drug-likeness (QED) is 0.116. The fourth-order valence-electron chi connectivity index (χ4n) is 8.26. The summed E-state index contributed by atoms with van der Waals surface area (Å²) in [7, 11) is 2.48. The zero-order chi connectivity index (χ0) is 50.6. The van der Waals surface area contributed by atoms with Gasteiger partial charge in [0.05, 0.1) is 59.8 Å². The van der Waals surface area contributed by atoms with Gasteiger partial charge in [0.25, 0.3) is 5.97 Å². The van der Waals surface area contributed by atoms with Crippen molar-refractivity contribution in [2.75, 3.05) is 60.3 Å². The number of aliphatic carboxylic acids is 1. The second-order valence-electron chi connectivity index (χ2n) is 17.3. The van der Waals surface area contributed by atoms with E-state index in [9.17, 15) is 28.8 Å². The number of esters is 1. The smallest absolute Gasteiger partial charge is 0.407 e. The highest BCUT2D eigenvalue weighted by Crippen LogP contribution is 2.39. The van der Waals surface area contributed by atoms with Crippen molar-refractivity contribution in [2.24, 2.45) is 16.8 Å². The number of carboxylic acid groups (broad SMARTS) is 1. The number of likely N-dealkylation sites (tertiary alicyclic amines) is 2. The molecule has 4 atom stereocenters. The van der Waals surface area contributed by atoms with Crippen molar-refractivity contribution in [1.29, 1.82) is 0 Å². The molecule has 0 aliphatic carbocycles. The number of carbonyl (C=O) groups excluding carboxylic acids is 6. The lowest BCUT2D eigenvalue weighted by molar-refractivity contribution is -0.153. The van der Waals surface area contributed by atoms with E-state index in [0.29, 0.717) is 51.4 Å². The Balaban J connectivity index is 0.000000279. The summed E-state index contributed by atoms with van der Waals surface area (Å²) < 4.78 is 39.7. The predicted molar refractivity (Wildman–Crippen MR) is 260 cm³/mol. The SMILES string of the molecule is CC(=O)O.COC(=O)N[C@H](C(=O)N1CC2(C[C@H]1C(=O)OCC(=O)c1ccc(Br)cc1)OCCO2)C(C)C.COC(=O)N[C@H](C(=O)N1CC2(C[C@H]1C1=NC=C(c3ccc(Br)cc3)C1)OCCO2)C(C)C.N. The van der Waals surface area contributed by atoms with Crippen LogP contribution >= 0.6 is 31.9 Å². The maximum Gasteiger partial charge on any atom is 0.407 e. The van der Waals surface area contributed by atoms with Gasteiger partial charge in [-0.25, -0.2) is 14.4 Å². The van der Waals surface area contributed by atoms with E-state index in [1.807, 2.05) is 44.3 Å². The molecule has 23 heteroatoms. The molecule has 21 nitrogen and oxygen atoms in total. The van der Waals surface area contributed by atoms with Crippen LogP contribution in [0.2, 0.25) is 0 Å². The molecule has 384 valence electrons. The first-order valence-electron chi connectivity index (χ1n) is 22.2. The number of benzene rings is 2. The first-order chi connectivity index (χ1) is 32.7. The van der Waals surface area contributed by atoms with Crippen LogP contribution in [0, 0.1) is 11.8 Å². The molecule has 0 aromatic heterocycles. The molecule has 70 heavy (non-hydrogen) atoms. The highest BCUT2D eigenvalue weighted by atomic mass is 79.9. The molecule has 4 saturated heterocycles. The third-order valence-electron chi connectivity index (χ3n) is 11.7. The summed E-state index contributed by atoms with van der Waals surface area (Å²) in [4.78, 5) is 92.7. The minimum Gasteiger partial charge on any atom is -0.481 e. The summed E-state index contributed by atoms with van der Waals surface area (Å²) in [6.07, 6.45) is 1.70. The molecule has 5 aliphatic heterocycles. The molecule has 0 unspecified atom stereocenters. The van der Waals surface area contributed by atoms with Crippen LogP contribution in [-0.2, 0) is 52.3 Å². The van der Waals surface area contributed by atoms with E-state index in [1.165, 1.54) is 19.1 Å². The normalized spacial score (nSPS) is 20.2. The molecule has 0 bridgehead atoms. The monoisotopic (exact) mass is 1110 g/mol. The van der Waals surface area contributed by atoms with Crippen LogP contribution in [0.15, 0.2) is 68.7 Å². The summed E-state index contributed by atoms with van der Waals surface area (Å²) in [6, 6.07) is 11.8. The lowest BCUT2D eigenvalue weighted by Crippen LogP contribution is -2.54. The second-order valence-corrected chi connectivity index (χ2v) is 19.1. The number of halogens is 2. The number of nitrogens with zero attached hydrogens (tertiary/aromatic N) is 3. The molecule has 2 aromatic carbocycles. The van der Waals surface area contributed by atoms with Gasteiger partial charge in [0.1, 0.15) is 18.1 Å². The van der Waals surface area contributed by atoms with Crippen LogP contribution in [0.4, 0.5) is 9.59 Å². The Morgan fingerprint density at radius 1 is 0.743 bits per heavy atom. The lowest BCUT2D eigenvalue weighted by atomic mass is 9.97. The van der Waals surface area contributed by atoms with Crippen molar-refractivity contribution in [1.82, 2.24) is 26.6 Å². The number of ether oxygens (including phenoxy) is 7. The first kappa shape index (κ1) is 57.3. The van der Waals surface area contributed by atoms with Crippen molar-refractivity contribution >= 4 is 84.9 Å². The molecular weight excluding hydrogens is 1050 g/mol. The fraction of sp³-hybridized carbons (Fsp3) is 0.532. The van der Waals surface area contributed by atoms with Gasteiger partial charge in [0.15, 0.2) is 24.0 Å². The number of hydrogen-bond acceptors (Lipinski definition) is 16. The van der Waals surface area contributed by atoms with Crippen molar-refractivity contribution in [2.45, 2.75) is 89.6 Å². The van der Waals surface area contributed by atoms with Gasteiger partial charge in [-0.2, -0.15) is 0 Å². The summed E-state index contributed by atoms with van der Waals surface area (Å²) in [5, 5.41) is 12.6. The number of aliphatic imine (C=N–C) groups is 1. The number of alkyl carbamates (subject to hydrolysis) is 2.